The fraction of sp³-hybridized carbons (Fsp3) is 0.917. The molecule has 2 atom stereocenters. The van der Waals surface area contributed by atoms with E-state index in [1.54, 1.807) is 0 Å². The zero-order valence-electron chi connectivity index (χ0n) is 9.61. The van der Waals surface area contributed by atoms with E-state index in [0.717, 1.165) is 19.0 Å². The molecular weight excluding hydrogens is 188 g/mol. The molecule has 3 nitrogen and oxygen atoms in total. The molecule has 0 radical (unpaired) electrons. The van der Waals surface area contributed by atoms with Gasteiger partial charge in [0.25, 0.3) is 0 Å². The molecule has 0 aromatic rings. The van der Waals surface area contributed by atoms with Crippen LogP contribution < -0.4 is 5.73 Å². The van der Waals surface area contributed by atoms with Gasteiger partial charge in [0.15, 0.2) is 0 Å². The molecule has 1 heterocycles. The summed E-state index contributed by atoms with van der Waals surface area (Å²) in [4.78, 5) is 13.7. The zero-order chi connectivity index (χ0) is 10.8. The molecule has 1 aliphatic carbocycles. The molecule has 2 unspecified atom stereocenters. The Morgan fingerprint density at radius 1 is 1.33 bits per heavy atom. The number of nitrogens with zero attached hydrogens (tertiary/aromatic N) is 1. The first-order valence-electron chi connectivity index (χ1n) is 6.29. The topological polar surface area (TPSA) is 46.3 Å². The molecule has 86 valence electrons. The van der Waals surface area contributed by atoms with Crippen molar-refractivity contribution in [1.82, 2.24) is 4.90 Å². The van der Waals surface area contributed by atoms with Crippen molar-refractivity contribution in [1.29, 1.82) is 0 Å². The normalized spacial score (nSPS) is 33.7. The molecular formula is C12H22N2O. The maximum Gasteiger partial charge on any atom is 0.223 e. The van der Waals surface area contributed by atoms with Crippen molar-refractivity contribution >= 4 is 5.91 Å². The summed E-state index contributed by atoms with van der Waals surface area (Å²) in [5, 5.41) is 0. The quantitative estimate of drug-likeness (QED) is 0.767. The van der Waals surface area contributed by atoms with Gasteiger partial charge in [-0.2, -0.15) is 0 Å². The highest BCUT2D eigenvalue weighted by atomic mass is 16.1. The van der Waals surface area contributed by atoms with Gasteiger partial charge in [0.05, 0.1) is 5.92 Å². The lowest BCUT2D eigenvalue weighted by molar-refractivity contribution is -0.135. The van der Waals surface area contributed by atoms with Gasteiger partial charge in [0.2, 0.25) is 5.91 Å². The second-order valence-corrected chi connectivity index (χ2v) is 4.97. The van der Waals surface area contributed by atoms with Gasteiger partial charge in [0.1, 0.15) is 0 Å². The number of carbonyl (C=O) groups is 1. The fourth-order valence-corrected chi connectivity index (χ4v) is 3.21. The van der Waals surface area contributed by atoms with Gasteiger partial charge in [-0.05, 0) is 19.3 Å². The van der Waals surface area contributed by atoms with E-state index in [1.165, 1.54) is 32.1 Å². The minimum absolute atomic E-state index is 0.103. The van der Waals surface area contributed by atoms with E-state index in [9.17, 15) is 4.79 Å². The number of amides is 1. The molecule has 0 spiro atoms. The first kappa shape index (κ1) is 10.9. The summed E-state index contributed by atoms with van der Waals surface area (Å²) in [6.07, 6.45) is 7.81. The summed E-state index contributed by atoms with van der Waals surface area (Å²) < 4.78 is 0. The third kappa shape index (κ3) is 2.03. The van der Waals surface area contributed by atoms with Crippen molar-refractivity contribution in [3.05, 3.63) is 0 Å². The van der Waals surface area contributed by atoms with E-state index in [0.29, 0.717) is 6.04 Å². The molecule has 1 saturated carbocycles. The molecule has 1 amide bonds. The lowest BCUT2D eigenvalue weighted by atomic mass is 9.81. The van der Waals surface area contributed by atoms with Crippen LogP contribution >= 0.6 is 0 Å². The van der Waals surface area contributed by atoms with Crippen molar-refractivity contribution in [2.75, 3.05) is 6.54 Å². The predicted molar refractivity (Wildman–Crippen MR) is 60.3 cm³/mol. The Kier molecular flexibility index (Phi) is 3.29. The van der Waals surface area contributed by atoms with Crippen LogP contribution in [-0.2, 0) is 4.79 Å². The maximum atomic E-state index is 11.2. The van der Waals surface area contributed by atoms with Crippen molar-refractivity contribution in [3.8, 4) is 0 Å². The Hall–Kier alpha value is -0.570. The predicted octanol–water partition coefficient (Wildman–Crippen LogP) is 1.51. The van der Waals surface area contributed by atoms with E-state index < -0.39 is 0 Å². The summed E-state index contributed by atoms with van der Waals surface area (Å²) >= 11 is 0. The van der Waals surface area contributed by atoms with Gasteiger partial charge in [-0.25, -0.2) is 0 Å². The minimum atomic E-state index is -0.103. The first-order chi connectivity index (χ1) is 7.24. The summed E-state index contributed by atoms with van der Waals surface area (Å²) in [7, 11) is 0. The Morgan fingerprint density at radius 2 is 2.00 bits per heavy atom. The average molecular weight is 210 g/mol. The molecule has 0 aromatic heterocycles. The van der Waals surface area contributed by atoms with Gasteiger partial charge in [-0.1, -0.05) is 26.2 Å². The van der Waals surface area contributed by atoms with E-state index in [1.807, 2.05) is 0 Å². The van der Waals surface area contributed by atoms with Gasteiger partial charge in [0, 0.05) is 18.6 Å². The van der Waals surface area contributed by atoms with E-state index in [2.05, 4.69) is 11.8 Å². The minimum Gasteiger partial charge on any atom is -0.369 e. The van der Waals surface area contributed by atoms with Crippen molar-refractivity contribution in [2.24, 2.45) is 11.7 Å². The van der Waals surface area contributed by atoms with Crippen LogP contribution in [0.5, 0.6) is 0 Å². The molecule has 2 fully saturated rings. The van der Waals surface area contributed by atoms with E-state index >= 15 is 0 Å². The standard InChI is InChI=1S/C12H22N2O/c1-2-11-10(12(13)15)8-14(11)9-6-4-3-5-7-9/h9-11H,2-8H2,1H3,(H2,13,15). The number of rotatable bonds is 3. The lowest BCUT2D eigenvalue weighted by Gasteiger charge is -2.51. The highest BCUT2D eigenvalue weighted by Crippen LogP contribution is 2.34. The molecule has 1 saturated heterocycles. The monoisotopic (exact) mass is 210 g/mol. The second kappa shape index (κ2) is 4.52. The first-order valence-corrected chi connectivity index (χ1v) is 6.29. The van der Waals surface area contributed by atoms with Crippen LogP contribution in [0.4, 0.5) is 0 Å². The highest BCUT2D eigenvalue weighted by molar-refractivity contribution is 5.78. The lowest BCUT2D eigenvalue weighted by Crippen LogP contribution is -2.63. The third-order valence-electron chi connectivity index (χ3n) is 4.13. The van der Waals surface area contributed by atoms with E-state index in [4.69, 9.17) is 5.73 Å². The van der Waals surface area contributed by atoms with Crippen LogP contribution in [0.2, 0.25) is 0 Å². The van der Waals surface area contributed by atoms with E-state index in [-0.39, 0.29) is 11.8 Å². The number of hydrogen-bond acceptors (Lipinski definition) is 2. The van der Waals surface area contributed by atoms with Crippen LogP contribution in [-0.4, -0.2) is 29.4 Å². The zero-order valence-corrected chi connectivity index (χ0v) is 9.61. The number of carbonyl (C=O) groups excluding carboxylic acids is 1. The van der Waals surface area contributed by atoms with Gasteiger partial charge < -0.3 is 5.73 Å². The van der Waals surface area contributed by atoms with Gasteiger partial charge in [-0.3, -0.25) is 9.69 Å². The van der Waals surface area contributed by atoms with Crippen LogP contribution in [0.25, 0.3) is 0 Å². The smallest absolute Gasteiger partial charge is 0.223 e. The second-order valence-electron chi connectivity index (χ2n) is 4.97. The average Bonchev–Trinajstić information content (AvgIpc) is 2.18. The van der Waals surface area contributed by atoms with Crippen LogP contribution in [0, 0.1) is 5.92 Å². The molecule has 3 heteroatoms. The number of hydrogen-bond donors (Lipinski definition) is 1. The Morgan fingerprint density at radius 3 is 2.53 bits per heavy atom. The largest absolute Gasteiger partial charge is 0.369 e. The molecule has 2 rings (SSSR count). The Balaban J connectivity index is 1.91. The Bertz CT molecular complexity index is 236. The van der Waals surface area contributed by atoms with Crippen LogP contribution in [0.1, 0.15) is 45.4 Å². The maximum absolute atomic E-state index is 11.2. The summed E-state index contributed by atoms with van der Waals surface area (Å²) in [5.41, 5.74) is 5.39. The summed E-state index contributed by atoms with van der Waals surface area (Å²) in [6, 6.07) is 1.17. The number of nitrogens with two attached hydrogens (primary N) is 1. The third-order valence-corrected chi connectivity index (χ3v) is 4.13. The van der Waals surface area contributed by atoms with Gasteiger partial charge in [-0.15, -0.1) is 0 Å². The molecule has 15 heavy (non-hydrogen) atoms. The summed E-state index contributed by atoms with van der Waals surface area (Å²) in [5.74, 6) is 0.0193. The Labute approximate surface area is 92.0 Å². The van der Waals surface area contributed by atoms with Crippen molar-refractivity contribution in [2.45, 2.75) is 57.5 Å². The van der Waals surface area contributed by atoms with Crippen molar-refractivity contribution in [3.63, 3.8) is 0 Å². The van der Waals surface area contributed by atoms with Crippen LogP contribution in [0.3, 0.4) is 0 Å². The number of primary amides is 1. The number of likely N-dealkylation sites (tertiary alicyclic amines) is 1. The van der Waals surface area contributed by atoms with Crippen LogP contribution in [0.15, 0.2) is 0 Å². The molecule has 2 N–H and O–H groups in total. The molecule has 2 aliphatic rings. The highest BCUT2D eigenvalue weighted by Gasteiger charge is 2.44. The van der Waals surface area contributed by atoms with Crippen molar-refractivity contribution < 1.29 is 4.79 Å². The molecule has 0 aromatic carbocycles. The fourth-order valence-electron chi connectivity index (χ4n) is 3.21. The summed E-state index contributed by atoms with van der Waals surface area (Å²) in [6.45, 7) is 3.08. The SMILES string of the molecule is CCC1C(C(N)=O)CN1C1CCCCC1. The molecule has 1 aliphatic heterocycles. The van der Waals surface area contributed by atoms with Gasteiger partial charge >= 0.3 is 0 Å². The molecule has 0 bridgehead atoms.